The third kappa shape index (κ3) is 5.37. The minimum Gasteiger partial charge on any atom is -0.316 e. The summed E-state index contributed by atoms with van der Waals surface area (Å²) in [7, 11) is -1.62. The molecule has 0 saturated carbocycles. The molecule has 7 heteroatoms. The first-order valence-corrected chi connectivity index (χ1v) is 10.0. The van der Waals surface area contributed by atoms with E-state index in [0.717, 1.165) is 17.7 Å². The lowest BCUT2D eigenvalue weighted by Gasteiger charge is -2.15. The Kier molecular flexibility index (Phi) is 7.53. The Morgan fingerprint density at radius 3 is 2.65 bits per heavy atom. The first-order chi connectivity index (χ1) is 9.40. The van der Waals surface area contributed by atoms with E-state index in [1.807, 2.05) is 32.4 Å². The van der Waals surface area contributed by atoms with E-state index in [1.165, 1.54) is 0 Å². The zero-order valence-corrected chi connectivity index (χ0v) is 15.2. The van der Waals surface area contributed by atoms with E-state index in [4.69, 9.17) is 0 Å². The molecule has 1 unspecified atom stereocenters. The van der Waals surface area contributed by atoms with Gasteiger partial charge in [-0.3, -0.25) is 0 Å². The van der Waals surface area contributed by atoms with Crippen LogP contribution in [0.5, 0.6) is 0 Å². The highest BCUT2D eigenvalue weighted by atomic mass is 79.9. The van der Waals surface area contributed by atoms with Gasteiger partial charge in [-0.2, -0.15) is 11.8 Å². The molecule has 1 aromatic carbocycles. The molecule has 1 aromatic rings. The van der Waals surface area contributed by atoms with E-state index < -0.39 is 10.0 Å². The van der Waals surface area contributed by atoms with Crippen molar-refractivity contribution < 1.29 is 8.42 Å². The molecule has 0 heterocycles. The van der Waals surface area contributed by atoms with Crippen LogP contribution < -0.4 is 10.0 Å². The molecular formula is C13H21BrN2O2S2. The van der Waals surface area contributed by atoms with Crippen LogP contribution >= 0.6 is 27.7 Å². The second kappa shape index (κ2) is 8.38. The lowest BCUT2D eigenvalue weighted by molar-refractivity contribution is 0.556. The van der Waals surface area contributed by atoms with Crippen LogP contribution in [0.1, 0.15) is 18.9 Å². The summed E-state index contributed by atoms with van der Waals surface area (Å²) in [5, 5.41) is 3.04. The second-order valence-corrected chi connectivity index (χ2v) is 8.12. The summed E-state index contributed by atoms with van der Waals surface area (Å²) in [5.41, 5.74) is 1.04. The van der Waals surface area contributed by atoms with Crippen LogP contribution in [-0.4, -0.2) is 33.5 Å². The Balaban J connectivity index is 2.87. The van der Waals surface area contributed by atoms with Gasteiger partial charge in [-0.25, -0.2) is 13.1 Å². The van der Waals surface area contributed by atoms with Crippen LogP contribution in [0, 0.1) is 0 Å². The van der Waals surface area contributed by atoms with Crippen LogP contribution in [0.15, 0.2) is 27.6 Å². The first-order valence-electron chi connectivity index (χ1n) is 6.35. The number of thioether (sulfide) groups is 1. The van der Waals surface area contributed by atoms with Gasteiger partial charge in [0.2, 0.25) is 10.0 Å². The fraction of sp³-hybridized carbons (Fsp3) is 0.538. The average molecular weight is 381 g/mol. The number of hydrogen-bond acceptors (Lipinski definition) is 4. The van der Waals surface area contributed by atoms with Gasteiger partial charge in [0.1, 0.15) is 0 Å². The lowest BCUT2D eigenvalue weighted by Crippen LogP contribution is -2.33. The predicted octanol–water partition coefficient (Wildman–Crippen LogP) is 2.59. The molecule has 0 bridgehead atoms. The van der Waals surface area contributed by atoms with Crippen LogP contribution in [0.2, 0.25) is 0 Å². The summed E-state index contributed by atoms with van der Waals surface area (Å²) in [4.78, 5) is 0.286. The highest BCUT2D eigenvalue weighted by Crippen LogP contribution is 2.23. The number of benzene rings is 1. The van der Waals surface area contributed by atoms with Crippen molar-refractivity contribution in [2.45, 2.75) is 30.8 Å². The predicted molar refractivity (Wildman–Crippen MR) is 89.7 cm³/mol. The van der Waals surface area contributed by atoms with Gasteiger partial charge in [-0.05, 0) is 66.0 Å². The largest absolute Gasteiger partial charge is 0.316 e. The SMILES string of the molecule is CNCc1ccc(S(=O)(=O)NC(C)CCSC)c(Br)c1. The van der Waals surface area contributed by atoms with Crippen molar-refractivity contribution in [1.29, 1.82) is 0 Å². The van der Waals surface area contributed by atoms with Crippen molar-refractivity contribution in [3.05, 3.63) is 28.2 Å². The Hall–Kier alpha value is -0.0800. The van der Waals surface area contributed by atoms with Crippen molar-refractivity contribution >= 4 is 37.7 Å². The number of halogens is 1. The molecule has 0 radical (unpaired) electrons. The Bertz CT molecular complexity index is 535. The van der Waals surface area contributed by atoms with Crippen molar-refractivity contribution in [3.63, 3.8) is 0 Å². The van der Waals surface area contributed by atoms with E-state index in [-0.39, 0.29) is 10.9 Å². The molecular weight excluding hydrogens is 360 g/mol. The van der Waals surface area contributed by atoms with Crippen LogP contribution in [-0.2, 0) is 16.6 Å². The Labute approximate surface area is 134 Å². The normalized spacial score (nSPS) is 13.4. The summed E-state index contributed by atoms with van der Waals surface area (Å²) < 4.78 is 28.0. The summed E-state index contributed by atoms with van der Waals surface area (Å²) in [6.45, 7) is 2.59. The molecule has 2 N–H and O–H groups in total. The number of rotatable bonds is 8. The Morgan fingerprint density at radius 2 is 2.10 bits per heavy atom. The topological polar surface area (TPSA) is 58.2 Å². The fourth-order valence-electron chi connectivity index (χ4n) is 1.76. The molecule has 0 aliphatic rings. The lowest BCUT2D eigenvalue weighted by atomic mass is 10.2. The maximum absolute atomic E-state index is 12.3. The molecule has 0 amide bonds. The van der Waals surface area contributed by atoms with Gasteiger partial charge in [0.25, 0.3) is 0 Å². The molecule has 4 nitrogen and oxygen atoms in total. The summed E-state index contributed by atoms with van der Waals surface area (Å²) in [6, 6.07) is 5.22. The molecule has 0 saturated heterocycles. The van der Waals surface area contributed by atoms with Gasteiger partial charge in [-0.15, -0.1) is 0 Å². The van der Waals surface area contributed by atoms with E-state index in [2.05, 4.69) is 26.0 Å². The zero-order chi connectivity index (χ0) is 15.2. The van der Waals surface area contributed by atoms with Crippen molar-refractivity contribution in [3.8, 4) is 0 Å². The first kappa shape index (κ1) is 18.0. The maximum Gasteiger partial charge on any atom is 0.241 e. The number of nitrogens with one attached hydrogen (secondary N) is 2. The smallest absolute Gasteiger partial charge is 0.241 e. The van der Waals surface area contributed by atoms with E-state index in [0.29, 0.717) is 11.0 Å². The highest BCUT2D eigenvalue weighted by molar-refractivity contribution is 9.10. The van der Waals surface area contributed by atoms with Gasteiger partial charge in [0.05, 0.1) is 4.90 Å². The molecule has 0 spiro atoms. The summed E-state index contributed by atoms with van der Waals surface area (Å²) in [6.07, 6.45) is 2.83. The summed E-state index contributed by atoms with van der Waals surface area (Å²) >= 11 is 5.06. The molecule has 20 heavy (non-hydrogen) atoms. The average Bonchev–Trinajstić information content (AvgIpc) is 2.36. The van der Waals surface area contributed by atoms with Gasteiger partial charge in [-0.1, -0.05) is 6.07 Å². The van der Waals surface area contributed by atoms with Gasteiger partial charge >= 0.3 is 0 Å². The van der Waals surface area contributed by atoms with Crippen molar-refractivity contribution in [2.24, 2.45) is 0 Å². The van der Waals surface area contributed by atoms with Crippen molar-refractivity contribution in [1.82, 2.24) is 10.0 Å². The minimum absolute atomic E-state index is 0.0728. The minimum atomic E-state index is -3.48. The van der Waals surface area contributed by atoms with Gasteiger partial charge < -0.3 is 5.32 Å². The third-order valence-electron chi connectivity index (χ3n) is 2.78. The molecule has 0 aliphatic carbocycles. The monoisotopic (exact) mass is 380 g/mol. The van der Waals surface area contributed by atoms with Crippen LogP contribution in [0.4, 0.5) is 0 Å². The quantitative estimate of drug-likeness (QED) is 0.727. The molecule has 1 atom stereocenters. The van der Waals surface area contributed by atoms with Crippen LogP contribution in [0.3, 0.4) is 0 Å². The third-order valence-corrected chi connectivity index (χ3v) is 5.99. The standard InChI is InChI=1S/C13H21BrN2O2S2/c1-10(6-7-19-3)16-20(17,18)13-5-4-11(9-15-2)8-12(13)14/h4-5,8,10,15-16H,6-7,9H2,1-3H3. The Morgan fingerprint density at radius 1 is 1.40 bits per heavy atom. The summed E-state index contributed by atoms with van der Waals surface area (Å²) in [5.74, 6) is 0.936. The maximum atomic E-state index is 12.3. The van der Waals surface area contributed by atoms with Crippen molar-refractivity contribution in [2.75, 3.05) is 19.1 Å². The molecule has 0 aromatic heterocycles. The zero-order valence-electron chi connectivity index (χ0n) is 11.9. The number of hydrogen-bond donors (Lipinski definition) is 2. The van der Waals surface area contributed by atoms with Gasteiger partial charge in [0.15, 0.2) is 0 Å². The van der Waals surface area contributed by atoms with Crippen LogP contribution in [0.25, 0.3) is 0 Å². The van der Waals surface area contributed by atoms with Gasteiger partial charge in [0, 0.05) is 17.1 Å². The van der Waals surface area contributed by atoms with E-state index in [9.17, 15) is 8.42 Å². The fourth-order valence-corrected chi connectivity index (χ4v) is 4.75. The molecule has 0 fully saturated rings. The number of sulfonamides is 1. The molecule has 0 aliphatic heterocycles. The van der Waals surface area contributed by atoms with E-state index >= 15 is 0 Å². The second-order valence-electron chi connectivity index (χ2n) is 4.60. The highest BCUT2D eigenvalue weighted by Gasteiger charge is 2.20. The molecule has 114 valence electrons. The van der Waals surface area contributed by atoms with E-state index in [1.54, 1.807) is 17.8 Å². The molecule has 1 rings (SSSR count).